The Balaban J connectivity index is 4.04. The minimum absolute atomic E-state index is 0.0901. The summed E-state index contributed by atoms with van der Waals surface area (Å²) in [5.74, 6) is -0.953. The fourth-order valence-corrected chi connectivity index (χ4v) is 10.8. The first-order valence-corrected chi connectivity index (χ1v) is 35.6. The van der Waals surface area contributed by atoms with Gasteiger partial charge in [0.05, 0.1) is 0 Å². The normalized spacial score (nSPS) is 12.3. The molecule has 0 radical (unpaired) electrons. The van der Waals surface area contributed by atoms with E-state index < -0.39 is 6.10 Å². The van der Waals surface area contributed by atoms with Crippen LogP contribution in [0.2, 0.25) is 0 Å². The zero-order valence-corrected chi connectivity index (χ0v) is 53.9. The molecule has 0 fully saturated rings. The number of ether oxygens (including phenoxy) is 3. The van der Waals surface area contributed by atoms with Gasteiger partial charge >= 0.3 is 17.9 Å². The minimum Gasteiger partial charge on any atom is -0.462 e. The second kappa shape index (κ2) is 68.9. The molecular formula is C74H136O6. The lowest BCUT2D eigenvalue weighted by atomic mass is 10.0. The third-order valence-electron chi connectivity index (χ3n) is 16.1. The Labute approximate surface area is 498 Å². The number of rotatable bonds is 66. The first kappa shape index (κ1) is 77.4. The molecule has 0 rings (SSSR count). The van der Waals surface area contributed by atoms with E-state index in [4.69, 9.17) is 14.2 Å². The Bertz CT molecular complexity index is 1380. The first-order chi connectivity index (χ1) is 39.5. The number of carbonyl (C=O) groups is 3. The largest absolute Gasteiger partial charge is 0.462 e. The van der Waals surface area contributed by atoms with Crippen LogP contribution in [-0.4, -0.2) is 37.2 Å². The lowest BCUT2D eigenvalue weighted by Crippen LogP contribution is -2.30. The smallest absolute Gasteiger partial charge is 0.306 e. The molecule has 0 aromatic heterocycles. The van der Waals surface area contributed by atoms with Gasteiger partial charge in [0.15, 0.2) is 6.10 Å². The van der Waals surface area contributed by atoms with Crippen LogP contribution in [0, 0.1) is 0 Å². The average molecular weight is 1120 g/mol. The van der Waals surface area contributed by atoms with Crippen LogP contribution in [0.4, 0.5) is 0 Å². The van der Waals surface area contributed by atoms with Crippen molar-refractivity contribution in [2.45, 2.75) is 393 Å². The lowest BCUT2D eigenvalue weighted by Gasteiger charge is -2.18. The topological polar surface area (TPSA) is 78.9 Å². The summed E-state index contributed by atoms with van der Waals surface area (Å²) in [6.07, 6.45) is 87.7. The quantitative estimate of drug-likeness (QED) is 0.0261. The molecule has 0 aliphatic carbocycles. The fraction of sp³-hybridized carbons (Fsp3) is 0.851. The number of hydrogen-bond donors (Lipinski definition) is 0. The van der Waals surface area contributed by atoms with Crippen LogP contribution in [0.5, 0.6) is 0 Å². The predicted octanol–water partition coefficient (Wildman–Crippen LogP) is 24.5. The molecule has 0 spiro atoms. The predicted molar refractivity (Wildman–Crippen MR) is 349 cm³/mol. The van der Waals surface area contributed by atoms with Gasteiger partial charge in [-0.25, -0.2) is 0 Å². The summed E-state index contributed by atoms with van der Waals surface area (Å²) in [7, 11) is 0. The fourth-order valence-electron chi connectivity index (χ4n) is 10.8. The first-order valence-electron chi connectivity index (χ1n) is 35.6. The Kier molecular flexibility index (Phi) is 66.6. The van der Waals surface area contributed by atoms with Crippen LogP contribution in [0.15, 0.2) is 48.6 Å². The summed E-state index contributed by atoms with van der Waals surface area (Å²) >= 11 is 0. The number of carbonyl (C=O) groups excluding carboxylic acids is 3. The molecular weight excluding hydrogens is 985 g/mol. The summed E-state index contributed by atoms with van der Waals surface area (Å²) in [5, 5.41) is 0. The molecule has 0 saturated heterocycles. The maximum absolute atomic E-state index is 12.9. The summed E-state index contributed by atoms with van der Waals surface area (Å²) in [5.41, 5.74) is 0. The van der Waals surface area contributed by atoms with Crippen molar-refractivity contribution >= 4 is 17.9 Å². The van der Waals surface area contributed by atoms with Crippen molar-refractivity contribution in [3.05, 3.63) is 48.6 Å². The molecule has 0 amide bonds. The van der Waals surface area contributed by atoms with Crippen LogP contribution in [-0.2, 0) is 28.6 Å². The Hall–Kier alpha value is -2.63. The Morgan fingerprint density at radius 3 is 0.762 bits per heavy atom. The van der Waals surface area contributed by atoms with Crippen molar-refractivity contribution < 1.29 is 28.6 Å². The van der Waals surface area contributed by atoms with E-state index in [0.29, 0.717) is 19.3 Å². The monoisotopic (exact) mass is 1120 g/mol. The third kappa shape index (κ3) is 66.2. The maximum Gasteiger partial charge on any atom is 0.306 e. The van der Waals surface area contributed by atoms with E-state index >= 15 is 0 Å². The van der Waals surface area contributed by atoms with E-state index in [9.17, 15) is 14.4 Å². The van der Waals surface area contributed by atoms with Gasteiger partial charge in [0.2, 0.25) is 0 Å². The van der Waals surface area contributed by atoms with Gasteiger partial charge < -0.3 is 14.2 Å². The highest BCUT2D eigenvalue weighted by molar-refractivity contribution is 5.71. The molecule has 0 aromatic carbocycles. The minimum atomic E-state index is -0.799. The van der Waals surface area contributed by atoms with Crippen molar-refractivity contribution in [2.24, 2.45) is 0 Å². The van der Waals surface area contributed by atoms with Gasteiger partial charge in [-0.1, -0.05) is 371 Å². The van der Waals surface area contributed by atoms with E-state index in [1.54, 1.807) is 0 Å². The molecule has 80 heavy (non-hydrogen) atoms. The van der Waals surface area contributed by atoms with E-state index in [-0.39, 0.29) is 37.5 Å². The summed E-state index contributed by atoms with van der Waals surface area (Å²) in [6, 6.07) is 0. The van der Waals surface area contributed by atoms with E-state index in [1.807, 2.05) is 6.08 Å². The van der Waals surface area contributed by atoms with Gasteiger partial charge in [0.1, 0.15) is 13.2 Å². The molecule has 468 valence electrons. The number of hydrogen-bond acceptors (Lipinski definition) is 6. The van der Waals surface area contributed by atoms with Crippen molar-refractivity contribution in [1.82, 2.24) is 0 Å². The van der Waals surface area contributed by atoms with Crippen LogP contribution >= 0.6 is 0 Å². The molecule has 0 aromatic rings. The standard InChI is InChI=1S/C74H136O6/c1-4-7-10-13-16-19-22-25-27-28-29-30-31-32-33-34-35-36-37-38-39-40-41-42-43-44-45-46-47-50-52-55-58-61-64-67-73(76)79-70-71(69-78-72(75)66-63-60-57-54-51-48-24-21-18-15-12-9-6-3)80-74(77)68-65-62-59-56-53-49-26-23-20-17-14-11-8-5-2/h9,12,18,21,48,51,57,60,71H,4-8,10-11,13-17,19-20,22-47,49-50,52-56,58-59,61-70H2,1-3H3/b12-9-,21-18-,51-48-,60-57-. The third-order valence-corrected chi connectivity index (χ3v) is 16.1. The summed E-state index contributed by atoms with van der Waals surface area (Å²) < 4.78 is 16.9. The number of esters is 3. The summed E-state index contributed by atoms with van der Waals surface area (Å²) in [6.45, 7) is 6.52. The van der Waals surface area contributed by atoms with Gasteiger partial charge in [-0.15, -0.1) is 0 Å². The van der Waals surface area contributed by atoms with Gasteiger partial charge in [0, 0.05) is 19.3 Å². The van der Waals surface area contributed by atoms with Gasteiger partial charge in [-0.05, 0) is 44.9 Å². The van der Waals surface area contributed by atoms with E-state index in [1.165, 1.54) is 276 Å². The zero-order chi connectivity index (χ0) is 57.8. The van der Waals surface area contributed by atoms with Crippen molar-refractivity contribution in [1.29, 1.82) is 0 Å². The highest BCUT2D eigenvalue weighted by atomic mass is 16.6. The molecule has 6 heteroatoms. The highest BCUT2D eigenvalue weighted by Gasteiger charge is 2.19. The number of allylic oxidation sites excluding steroid dienone is 8. The molecule has 1 atom stereocenters. The second-order valence-electron chi connectivity index (χ2n) is 24.1. The molecule has 0 aliphatic rings. The zero-order valence-electron chi connectivity index (χ0n) is 53.9. The summed E-state index contributed by atoms with van der Waals surface area (Å²) in [4.78, 5) is 38.2. The molecule has 6 nitrogen and oxygen atoms in total. The molecule has 0 aliphatic heterocycles. The van der Waals surface area contributed by atoms with Crippen molar-refractivity contribution in [3.63, 3.8) is 0 Å². The maximum atomic E-state index is 12.9. The van der Waals surface area contributed by atoms with E-state index in [0.717, 1.165) is 64.2 Å². The van der Waals surface area contributed by atoms with E-state index in [2.05, 4.69) is 63.3 Å². The lowest BCUT2D eigenvalue weighted by molar-refractivity contribution is -0.166. The molecule has 0 bridgehead atoms. The number of unbranched alkanes of at least 4 members (excludes halogenated alkanes) is 47. The molecule has 0 N–H and O–H groups in total. The average Bonchev–Trinajstić information content (AvgIpc) is 3.46. The molecule has 1 unspecified atom stereocenters. The van der Waals surface area contributed by atoms with Crippen molar-refractivity contribution in [2.75, 3.05) is 13.2 Å². The highest BCUT2D eigenvalue weighted by Crippen LogP contribution is 2.19. The van der Waals surface area contributed by atoms with Gasteiger partial charge in [-0.2, -0.15) is 0 Å². The van der Waals surface area contributed by atoms with Crippen LogP contribution in [0.25, 0.3) is 0 Å². The van der Waals surface area contributed by atoms with Crippen molar-refractivity contribution in [3.8, 4) is 0 Å². The SMILES string of the molecule is CC/C=C\C/C=C\C/C=C\C/C=C\CCC(=O)OCC(COC(=O)CCCCCCCCCCCCCCCCCCCCCCCCCCCCCCCCCCCCC)OC(=O)CCCCCCCCCCCCCCCC. The van der Waals surface area contributed by atoms with Gasteiger partial charge in [-0.3, -0.25) is 14.4 Å². The molecule has 0 saturated carbocycles. The Morgan fingerprint density at radius 2 is 0.487 bits per heavy atom. The van der Waals surface area contributed by atoms with Crippen LogP contribution < -0.4 is 0 Å². The Morgan fingerprint density at radius 1 is 0.263 bits per heavy atom. The second-order valence-corrected chi connectivity index (χ2v) is 24.1. The van der Waals surface area contributed by atoms with Crippen LogP contribution in [0.3, 0.4) is 0 Å². The van der Waals surface area contributed by atoms with Crippen LogP contribution in [0.1, 0.15) is 387 Å². The molecule has 0 heterocycles. The van der Waals surface area contributed by atoms with Gasteiger partial charge in [0.25, 0.3) is 0 Å².